The molecule has 1 unspecified atom stereocenters. The smallest absolute Gasteiger partial charge is 0.269 e. The largest absolute Gasteiger partial charge is 0.370 e. The molecule has 0 bridgehead atoms. The number of guanidine groups is 1. The summed E-state index contributed by atoms with van der Waals surface area (Å²) in [6, 6.07) is 5.31. The van der Waals surface area contributed by atoms with E-state index in [2.05, 4.69) is 20.9 Å². The molecule has 1 saturated heterocycles. The maximum absolute atomic E-state index is 12.9. The number of nitrogens with zero attached hydrogens (tertiary/aromatic N) is 2. The fraction of sp³-hybridized carbons (Fsp3) is 0.556. The van der Waals surface area contributed by atoms with Gasteiger partial charge in [-0.1, -0.05) is 0 Å². The van der Waals surface area contributed by atoms with Gasteiger partial charge in [-0.2, -0.15) is 0 Å². The minimum absolute atomic E-state index is 0. The Hall–Kier alpha value is -2.14. The van der Waals surface area contributed by atoms with Crippen molar-refractivity contribution in [3.05, 3.63) is 34.4 Å². The van der Waals surface area contributed by atoms with Crippen LogP contribution in [-0.4, -0.2) is 41.6 Å². The number of hydrogen-bond acceptors (Lipinski definition) is 6. The Morgan fingerprint density at radius 2 is 1.97 bits per heavy atom. The fourth-order valence-corrected chi connectivity index (χ4v) is 3.23. The average molecular weight is 464 g/mol. The number of nitrogens with one attached hydrogen (secondary N) is 3. The lowest BCUT2D eigenvalue weighted by atomic mass is 9.97. The number of anilines is 1. The molecule has 1 aromatic rings. The Balaban J connectivity index is 0.00000420. The van der Waals surface area contributed by atoms with Crippen molar-refractivity contribution in [3.8, 4) is 0 Å². The van der Waals surface area contributed by atoms with E-state index in [9.17, 15) is 14.9 Å². The number of nitro groups is 1. The van der Waals surface area contributed by atoms with Crippen molar-refractivity contribution in [1.82, 2.24) is 10.6 Å². The Kier molecular flexibility index (Phi) is 12.3. The van der Waals surface area contributed by atoms with Crippen molar-refractivity contribution in [2.45, 2.75) is 50.7 Å². The molecule has 1 heterocycles. The maximum atomic E-state index is 12.9. The summed E-state index contributed by atoms with van der Waals surface area (Å²) in [5, 5.41) is 20.5. The first-order valence-electron chi connectivity index (χ1n) is 9.42. The zero-order chi connectivity index (χ0) is 20.6. The highest BCUT2D eigenvalue weighted by atomic mass is 35.5. The van der Waals surface area contributed by atoms with Gasteiger partial charge in [0.15, 0.2) is 5.96 Å². The normalized spacial score (nSPS) is 18.8. The molecule has 1 aliphatic rings. The molecular formula is C18H31Cl2N7O3. The van der Waals surface area contributed by atoms with Crippen LogP contribution in [0.5, 0.6) is 0 Å². The van der Waals surface area contributed by atoms with Gasteiger partial charge >= 0.3 is 0 Å². The second-order valence-electron chi connectivity index (χ2n) is 7.15. The summed E-state index contributed by atoms with van der Waals surface area (Å²) in [5.41, 5.74) is 10.9. The first-order chi connectivity index (χ1) is 13.3. The number of hydrogen-bond donors (Lipinski definition) is 5. The molecule has 7 N–H and O–H groups in total. The van der Waals surface area contributed by atoms with Gasteiger partial charge in [0, 0.05) is 24.4 Å². The fourth-order valence-electron chi connectivity index (χ4n) is 3.23. The van der Waals surface area contributed by atoms with E-state index in [1.807, 2.05) is 6.92 Å². The average Bonchev–Trinajstić information content (AvgIpc) is 2.65. The van der Waals surface area contributed by atoms with E-state index in [-0.39, 0.29) is 48.0 Å². The second kappa shape index (κ2) is 13.2. The lowest BCUT2D eigenvalue weighted by molar-refractivity contribution is -0.384. The molecule has 0 aliphatic carbocycles. The van der Waals surface area contributed by atoms with Gasteiger partial charge in [-0.3, -0.25) is 30.5 Å². The molecule has 170 valence electrons. The molecule has 1 fully saturated rings. The molecule has 12 heteroatoms. The highest BCUT2D eigenvalue weighted by Crippen LogP contribution is 2.19. The maximum Gasteiger partial charge on any atom is 0.269 e. The third kappa shape index (κ3) is 9.12. The Labute approximate surface area is 188 Å². The Morgan fingerprint density at radius 3 is 2.50 bits per heavy atom. The van der Waals surface area contributed by atoms with Crippen LogP contribution in [-0.2, 0) is 4.79 Å². The lowest BCUT2D eigenvalue weighted by Crippen LogP contribution is -2.62. The molecule has 0 spiro atoms. The van der Waals surface area contributed by atoms with Crippen LogP contribution in [0.25, 0.3) is 0 Å². The molecule has 0 saturated carbocycles. The number of nitrogens with two attached hydrogens (primary N) is 2. The predicted molar refractivity (Wildman–Crippen MR) is 123 cm³/mol. The van der Waals surface area contributed by atoms with Crippen LogP contribution in [0.4, 0.5) is 11.4 Å². The van der Waals surface area contributed by atoms with E-state index < -0.39 is 11.0 Å². The molecule has 0 radical (unpaired) electrons. The molecule has 0 aromatic heterocycles. The van der Waals surface area contributed by atoms with Crippen LogP contribution in [0.1, 0.15) is 39.0 Å². The van der Waals surface area contributed by atoms with Gasteiger partial charge < -0.3 is 16.8 Å². The first-order valence-corrected chi connectivity index (χ1v) is 9.42. The van der Waals surface area contributed by atoms with E-state index in [0.717, 1.165) is 25.8 Å². The second-order valence-corrected chi connectivity index (χ2v) is 7.15. The quantitative estimate of drug-likeness (QED) is 0.123. The molecule has 1 amide bonds. The zero-order valence-electron chi connectivity index (χ0n) is 16.9. The van der Waals surface area contributed by atoms with Crippen LogP contribution in [0.15, 0.2) is 29.3 Å². The van der Waals surface area contributed by atoms with Crippen LogP contribution in [0.2, 0.25) is 0 Å². The molecule has 2 rings (SSSR count). The van der Waals surface area contributed by atoms with Crippen molar-refractivity contribution >= 4 is 48.1 Å². The SMILES string of the molecule is CC1(N[C@@H](CCCN=C(N)N)C(=O)Nc2ccc([N+](=O)[O-])cc2)CCCCN1.Cl.Cl. The molecule has 2 atom stereocenters. The summed E-state index contributed by atoms with van der Waals surface area (Å²) >= 11 is 0. The first kappa shape index (κ1) is 27.9. The van der Waals surface area contributed by atoms with Gasteiger partial charge in [-0.15, -0.1) is 24.8 Å². The summed E-state index contributed by atoms with van der Waals surface area (Å²) in [7, 11) is 0. The minimum Gasteiger partial charge on any atom is -0.370 e. The summed E-state index contributed by atoms with van der Waals surface area (Å²) in [6.45, 7) is 3.39. The third-order valence-corrected chi connectivity index (χ3v) is 4.72. The highest BCUT2D eigenvalue weighted by molar-refractivity contribution is 5.95. The Bertz CT molecular complexity index is 706. The lowest BCUT2D eigenvalue weighted by Gasteiger charge is -2.38. The number of nitro benzene ring substituents is 1. The van der Waals surface area contributed by atoms with Crippen molar-refractivity contribution in [2.75, 3.05) is 18.4 Å². The van der Waals surface area contributed by atoms with Gasteiger partial charge in [0.05, 0.1) is 16.6 Å². The molecule has 1 aliphatic heterocycles. The van der Waals surface area contributed by atoms with Gasteiger partial charge in [-0.05, 0) is 57.7 Å². The van der Waals surface area contributed by atoms with Gasteiger partial charge in [-0.25, -0.2) is 0 Å². The van der Waals surface area contributed by atoms with Gasteiger partial charge in [0.1, 0.15) is 0 Å². The standard InChI is InChI=1S/C18H29N7O3.2ClH/c1-18(10-2-3-12-22-18)24-15(5-4-11-21-17(19)20)16(26)23-13-6-8-14(9-7-13)25(27)28;;/h6-9,15,22,24H,2-5,10-12H2,1H3,(H,23,26)(H4,19,20,21);2*1H/t15-,18?;;/m0../s1. The topological polar surface area (TPSA) is 161 Å². The number of halogens is 2. The number of carbonyl (C=O) groups excluding carboxylic acids is 1. The third-order valence-electron chi connectivity index (χ3n) is 4.72. The zero-order valence-corrected chi connectivity index (χ0v) is 18.6. The highest BCUT2D eigenvalue weighted by Gasteiger charge is 2.31. The van der Waals surface area contributed by atoms with E-state index in [1.54, 1.807) is 0 Å². The minimum atomic E-state index is -0.477. The summed E-state index contributed by atoms with van der Waals surface area (Å²) in [4.78, 5) is 27.1. The number of piperidine rings is 1. The van der Waals surface area contributed by atoms with Gasteiger partial charge in [0.25, 0.3) is 5.69 Å². The molecular weight excluding hydrogens is 433 g/mol. The molecule has 1 aromatic carbocycles. The Morgan fingerprint density at radius 1 is 1.30 bits per heavy atom. The van der Waals surface area contributed by atoms with Crippen molar-refractivity contribution < 1.29 is 9.72 Å². The number of benzene rings is 1. The number of non-ortho nitro benzene ring substituents is 1. The van der Waals surface area contributed by atoms with Crippen LogP contribution >= 0.6 is 24.8 Å². The number of aliphatic imine (C=N–C) groups is 1. The number of carbonyl (C=O) groups is 1. The summed E-state index contributed by atoms with van der Waals surface area (Å²) in [5.74, 6) is -0.173. The van der Waals surface area contributed by atoms with Crippen LogP contribution in [0.3, 0.4) is 0 Å². The van der Waals surface area contributed by atoms with E-state index in [0.29, 0.717) is 25.1 Å². The predicted octanol–water partition coefficient (Wildman–Crippen LogP) is 1.88. The van der Waals surface area contributed by atoms with E-state index in [1.165, 1.54) is 24.3 Å². The van der Waals surface area contributed by atoms with Crippen molar-refractivity contribution in [1.29, 1.82) is 0 Å². The van der Waals surface area contributed by atoms with Gasteiger partial charge in [0.2, 0.25) is 5.91 Å². The molecule has 30 heavy (non-hydrogen) atoms. The summed E-state index contributed by atoms with van der Waals surface area (Å²) < 4.78 is 0. The molecule has 10 nitrogen and oxygen atoms in total. The van der Waals surface area contributed by atoms with Crippen molar-refractivity contribution in [3.63, 3.8) is 0 Å². The van der Waals surface area contributed by atoms with Crippen molar-refractivity contribution in [2.24, 2.45) is 16.5 Å². The number of amides is 1. The van der Waals surface area contributed by atoms with Crippen LogP contribution < -0.4 is 27.4 Å². The van der Waals surface area contributed by atoms with Crippen LogP contribution in [0, 0.1) is 10.1 Å². The number of rotatable bonds is 9. The van der Waals surface area contributed by atoms with E-state index >= 15 is 0 Å². The van der Waals surface area contributed by atoms with E-state index in [4.69, 9.17) is 11.5 Å². The summed E-state index contributed by atoms with van der Waals surface area (Å²) in [6.07, 6.45) is 4.30. The monoisotopic (exact) mass is 463 g/mol.